The zero-order chi connectivity index (χ0) is 12.0. The number of nitrogens with zero attached hydrogens (tertiary/aromatic N) is 1. The molecule has 86 valence electrons. The zero-order valence-corrected chi connectivity index (χ0v) is 8.84. The molecular weight excluding hydrogens is 214 g/mol. The maximum atomic E-state index is 12.9. The molecule has 5 heteroatoms. The van der Waals surface area contributed by atoms with Crippen LogP contribution in [0.5, 0.6) is 0 Å². The number of halogens is 2. The summed E-state index contributed by atoms with van der Waals surface area (Å²) >= 11 is 0. The fraction of sp³-hybridized carbons (Fsp3) is 0.364. The first-order chi connectivity index (χ1) is 7.69. The van der Waals surface area contributed by atoms with E-state index >= 15 is 0 Å². The number of methoxy groups -OCH3 is 1. The SMILES string of the molecule is COCCNC(C#N)c1ccc(F)c(F)c1. The van der Waals surface area contributed by atoms with Crippen LogP contribution in [0.25, 0.3) is 0 Å². The first-order valence-electron chi connectivity index (χ1n) is 4.76. The zero-order valence-electron chi connectivity index (χ0n) is 8.84. The minimum absolute atomic E-state index is 0.400. The predicted molar refractivity (Wildman–Crippen MR) is 54.6 cm³/mol. The lowest BCUT2D eigenvalue weighted by Gasteiger charge is -2.11. The van der Waals surface area contributed by atoms with Crippen molar-refractivity contribution in [2.75, 3.05) is 20.3 Å². The summed E-state index contributed by atoms with van der Waals surface area (Å²) in [6, 6.07) is 4.71. The van der Waals surface area contributed by atoms with Crippen LogP contribution in [0, 0.1) is 23.0 Å². The molecule has 16 heavy (non-hydrogen) atoms. The van der Waals surface area contributed by atoms with Crippen molar-refractivity contribution in [2.45, 2.75) is 6.04 Å². The molecule has 0 heterocycles. The standard InChI is InChI=1S/C11H12F2N2O/c1-16-5-4-15-11(7-14)8-2-3-9(12)10(13)6-8/h2-3,6,11,15H,4-5H2,1H3. The molecule has 0 radical (unpaired) electrons. The molecule has 0 bridgehead atoms. The lowest BCUT2D eigenvalue weighted by molar-refractivity contribution is 0.198. The Kier molecular flexibility index (Phi) is 4.83. The van der Waals surface area contributed by atoms with Gasteiger partial charge in [0.05, 0.1) is 12.7 Å². The molecule has 1 N–H and O–H groups in total. The lowest BCUT2D eigenvalue weighted by atomic mass is 10.1. The minimum Gasteiger partial charge on any atom is -0.383 e. The molecule has 0 saturated carbocycles. The Hall–Kier alpha value is -1.51. The summed E-state index contributed by atoms with van der Waals surface area (Å²) in [5.41, 5.74) is 0.400. The Bertz CT molecular complexity index is 390. The van der Waals surface area contributed by atoms with E-state index in [-0.39, 0.29) is 0 Å². The number of ether oxygens (including phenoxy) is 1. The third-order valence-electron chi connectivity index (χ3n) is 2.06. The van der Waals surface area contributed by atoms with E-state index in [1.54, 1.807) is 7.11 Å². The lowest BCUT2D eigenvalue weighted by Crippen LogP contribution is -2.24. The van der Waals surface area contributed by atoms with Gasteiger partial charge in [0, 0.05) is 13.7 Å². The van der Waals surface area contributed by atoms with Crippen LogP contribution in [0.3, 0.4) is 0 Å². The van der Waals surface area contributed by atoms with Crippen LogP contribution in [-0.4, -0.2) is 20.3 Å². The van der Waals surface area contributed by atoms with E-state index in [0.717, 1.165) is 12.1 Å². The van der Waals surface area contributed by atoms with E-state index in [2.05, 4.69) is 5.32 Å². The molecule has 1 rings (SSSR count). The summed E-state index contributed by atoms with van der Waals surface area (Å²) in [5.74, 6) is -1.87. The van der Waals surface area contributed by atoms with Gasteiger partial charge < -0.3 is 4.74 Å². The highest BCUT2D eigenvalue weighted by Gasteiger charge is 2.11. The van der Waals surface area contributed by atoms with Gasteiger partial charge in [-0.25, -0.2) is 8.78 Å². The fourth-order valence-corrected chi connectivity index (χ4v) is 1.24. The summed E-state index contributed by atoms with van der Waals surface area (Å²) in [5, 5.41) is 11.7. The Balaban J connectivity index is 2.72. The molecule has 3 nitrogen and oxygen atoms in total. The van der Waals surface area contributed by atoms with Gasteiger partial charge >= 0.3 is 0 Å². The molecule has 0 spiro atoms. The monoisotopic (exact) mass is 226 g/mol. The molecule has 1 aromatic carbocycles. The second-order valence-electron chi connectivity index (χ2n) is 3.18. The number of nitriles is 1. The highest BCUT2D eigenvalue weighted by molar-refractivity contribution is 5.25. The Morgan fingerprint density at radius 1 is 1.44 bits per heavy atom. The number of nitrogens with one attached hydrogen (secondary N) is 1. The van der Waals surface area contributed by atoms with Gasteiger partial charge in [-0.15, -0.1) is 0 Å². The Labute approximate surface area is 92.6 Å². The molecule has 0 amide bonds. The maximum absolute atomic E-state index is 12.9. The molecule has 0 saturated heterocycles. The van der Waals surface area contributed by atoms with Crippen molar-refractivity contribution < 1.29 is 13.5 Å². The molecule has 0 aliphatic heterocycles. The van der Waals surface area contributed by atoms with Gasteiger partial charge in [-0.2, -0.15) is 5.26 Å². The third-order valence-corrected chi connectivity index (χ3v) is 2.06. The summed E-state index contributed by atoms with van der Waals surface area (Å²) in [4.78, 5) is 0. The Morgan fingerprint density at radius 3 is 2.75 bits per heavy atom. The van der Waals surface area contributed by atoms with Crippen LogP contribution in [0.1, 0.15) is 11.6 Å². The van der Waals surface area contributed by atoms with Crippen LogP contribution in [0.2, 0.25) is 0 Å². The topological polar surface area (TPSA) is 45.0 Å². The molecule has 1 atom stereocenters. The quantitative estimate of drug-likeness (QED) is 0.778. The van der Waals surface area contributed by atoms with Crippen molar-refractivity contribution in [3.63, 3.8) is 0 Å². The largest absolute Gasteiger partial charge is 0.383 e. The molecule has 1 aromatic rings. The number of rotatable bonds is 5. The summed E-state index contributed by atoms with van der Waals surface area (Å²) in [6.07, 6.45) is 0. The van der Waals surface area contributed by atoms with Crippen LogP contribution >= 0.6 is 0 Å². The van der Waals surface area contributed by atoms with Gasteiger partial charge in [0.2, 0.25) is 0 Å². The molecule has 0 fully saturated rings. The highest BCUT2D eigenvalue weighted by atomic mass is 19.2. The predicted octanol–water partition coefficient (Wildman–Crippen LogP) is 1.77. The number of hydrogen-bond donors (Lipinski definition) is 1. The van der Waals surface area contributed by atoms with Gasteiger partial charge in [-0.05, 0) is 17.7 Å². The number of hydrogen-bond acceptors (Lipinski definition) is 3. The molecule has 0 aliphatic carbocycles. The van der Waals surface area contributed by atoms with Crippen molar-refractivity contribution in [3.05, 3.63) is 35.4 Å². The average molecular weight is 226 g/mol. The van der Waals surface area contributed by atoms with Gasteiger partial charge in [0.1, 0.15) is 6.04 Å². The van der Waals surface area contributed by atoms with E-state index in [4.69, 9.17) is 10.00 Å². The van der Waals surface area contributed by atoms with Crippen LogP contribution in [-0.2, 0) is 4.74 Å². The fourth-order valence-electron chi connectivity index (χ4n) is 1.24. The van der Waals surface area contributed by atoms with Gasteiger partial charge in [-0.1, -0.05) is 6.07 Å². The van der Waals surface area contributed by atoms with Gasteiger partial charge in [-0.3, -0.25) is 5.32 Å². The first-order valence-corrected chi connectivity index (χ1v) is 4.76. The second kappa shape index (κ2) is 6.16. The van der Waals surface area contributed by atoms with Crippen molar-refractivity contribution in [2.24, 2.45) is 0 Å². The van der Waals surface area contributed by atoms with E-state index in [9.17, 15) is 8.78 Å². The maximum Gasteiger partial charge on any atom is 0.159 e. The molecule has 0 aromatic heterocycles. The van der Waals surface area contributed by atoms with E-state index in [1.807, 2.05) is 6.07 Å². The van der Waals surface area contributed by atoms with Gasteiger partial charge in [0.25, 0.3) is 0 Å². The summed E-state index contributed by atoms with van der Waals surface area (Å²) in [7, 11) is 1.54. The first kappa shape index (κ1) is 12.6. The normalized spacial score (nSPS) is 12.1. The third kappa shape index (κ3) is 3.26. The summed E-state index contributed by atoms with van der Waals surface area (Å²) < 4.78 is 30.4. The van der Waals surface area contributed by atoms with Crippen molar-refractivity contribution in [1.29, 1.82) is 5.26 Å². The van der Waals surface area contributed by atoms with E-state index in [0.29, 0.717) is 18.7 Å². The minimum atomic E-state index is -0.953. The summed E-state index contributed by atoms with van der Waals surface area (Å²) in [6.45, 7) is 0.912. The van der Waals surface area contributed by atoms with Crippen molar-refractivity contribution in [1.82, 2.24) is 5.32 Å². The van der Waals surface area contributed by atoms with Gasteiger partial charge in [0.15, 0.2) is 11.6 Å². The average Bonchev–Trinajstić information content (AvgIpc) is 2.29. The van der Waals surface area contributed by atoms with Crippen LogP contribution in [0.4, 0.5) is 8.78 Å². The van der Waals surface area contributed by atoms with E-state index in [1.165, 1.54) is 6.07 Å². The Morgan fingerprint density at radius 2 is 2.19 bits per heavy atom. The highest BCUT2D eigenvalue weighted by Crippen LogP contribution is 2.15. The van der Waals surface area contributed by atoms with Crippen molar-refractivity contribution in [3.8, 4) is 6.07 Å². The molecule has 1 unspecified atom stereocenters. The number of benzene rings is 1. The smallest absolute Gasteiger partial charge is 0.159 e. The molecular formula is C11H12F2N2O. The van der Waals surface area contributed by atoms with Crippen LogP contribution in [0.15, 0.2) is 18.2 Å². The second-order valence-corrected chi connectivity index (χ2v) is 3.18. The molecule has 0 aliphatic rings. The van der Waals surface area contributed by atoms with Crippen LogP contribution < -0.4 is 5.32 Å². The van der Waals surface area contributed by atoms with E-state index < -0.39 is 17.7 Å². The van der Waals surface area contributed by atoms with Crippen molar-refractivity contribution >= 4 is 0 Å².